The van der Waals surface area contributed by atoms with Crippen LogP contribution in [0.15, 0.2) is 24.3 Å². The first-order chi connectivity index (χ1) is 7.80. The van der Waals surface area contributed by atoms with E-state index < -0.39 is 0 Å². The third-order valence-electron chi connectivity index (χ3n) is 2.55. The summed E-state index contributed by atoms with van der Waals surface area (Å²) in [4.78, 5) is 0. The van der Waals surface area contributed by atoms with Gasteiger partial charge >= 0.3 is 0 Å². The molecule has 0 amide bonds. The van der Waals surface area contributed by atoms with Gasteiger partial charge in [0.2, 0.25) is 0 Å². The van der Waals surface area contributed by atoms with Crippen LogP contribution in [0.3, 0.4) is 0 Å². The second-order valence-electron chi connectivity index (χ2n) is 3.91. The highest BCUT2D eigenvalue weighted by Gasteiger charge is 2.05. The van der Waals surface area contributed by atoms with Crippen molar-refractivity contribution >= 4 is 5.69 Å². The van der Waals surface area contributed by atoms with E-state index in [9.17, 15) is 0 Å². The van der Waals surface area contributed by atoms with Crippen LogP contribution in [0.4, 0.5) is 5.69 Å². The van der Waals surface area contributed by atoms with Crippen molar-refractivity contribution in [3.8, 4) is 6.07 Å². The third-order valence-corrected chi connectivity index (χ3v) is 2.55. The summed E-state index contributed by atoms with van der Waals surface area (Å²) in [6.07, 6.45) is 3.42. The molecule has 0 bridgehead atoms. The van der Waals surface area contributed by atoms with Crippen molar-refractivity contribution in [3.05, 3.63) is 29.8 Å². The molecule has 0 saturated carbocycles. The Labute approximate surface area is 97.3 Å². The van der Waals surface area contributed by atoms with Crippen molar-refractivity contribution in [2.45, 2.75) is 32.2 Å². The normalized spacial score (nSPS) is 11.8. The summed E-state index contributed by atoms with van der Waals surface area (Å²) in [5.74, 6) is 0. The predicted molar refractivity (Wildman–Crippen MR) is 67.1 cm³/mol. The van der Waals surface area contributed by atoms with Gasteiger partial charge in [-0.2, -0.15) is 5.26 Å². The zero-order valence-corrected chi connectivity index (χ0v) is 9.74. The van der Waals surface area contributed by atoms with E-state index in [0.717, 1.165) is 12.1 Å². The molecule has 0 radical (unpaired) electrons. The maximum atomic E-state index is 8.79. The quantitative estimate of drug-likeness (QED) is 0.769. The average Bonchev–Trinajstić information content (AvgIpc) is 2.34. The van der Waals surface area contributed by atoms with Crippen LogP contribution in [0.1, 0.15) is 31.7 Å². The summed E-state index contributed by atoms with van der Waals surface area (Å²) in [7, 11) is 0. The topological polar surface area (TPSA) is 61.8 Å². The molecule has 86 valence electrons. The fourth-order valence-electron chi connectivity index (χ4n) is 1.61. The zero-order valence-electron chi connectivity index (χ0n) is 9.74. The van der Waals surface area contributed by atoms with Gasteiger partial charge in [0.05, 0.1) is 11.6 Å². The predicted octanol–water partition coefficient (Wildman–Crippen LogP) is 2.49. The molecule has 0 spiro atoms. The van der Waals surface area contributed by atoms with E-state index in [1.54, 1.807) is 6.07 Å². The summed E-state index contributed by atoms with van der Waals surface area (Å²) in [6.45, 7) is 2.79. The molecular weight excluding hydrogens is 198 g/mol. The molecule has 3 heteroatoms. The van der Waals surface area contributed by atoms with Crippen LogP contribution >= 0.6 is 0 Å². The number of nitrogens with one attached hydrogen (secondary N) is 1. The first-order valence-electron chi connectivity index (χ1n) is 5.77. The van der Waals surface area contributed by atoms with Gasteiger partial charge in [-0.05, 0) is 24.6 Å². The summed E-state index contributed by atoms with van der Waals surface area (Å²) in [5.41, 5.74) is 7.36. The van der Waals surface area contributed by atoms with E-state index in [1.807, 2.05) is 18.2 Å². The lowest BCUT2D eigenvalue weighted by Crippen LogP contribution is -2.28. The van der Waals surface area contributed by atoms with Crippen molar-refractivity contribution in [1.82, 2.24) is 0 Å². The Morgan fingerprint density at radius 1 is 1.50 bits per heavy atom. The van der Waals surface area contributed by atoms with Crippen LogP contribution < -0.4 is 11.1 Å². The molecule has 1 aromatic carbocycles. The molecule has 0 aromatic heterocycles. The Morgan fingerprint density at radius 3 is 2.94 bits per heavy atom. The molecule has 0 fully saturated rings. The molecular formula is C13H19N3. The van der Waals surface area contributed by atoms with Crippen LogP contribution in [0.5, 0.6) is 0 Å². The Kier molecular flexibility index (Phi) is 5.38. The summed E-state index contributed by atoms with van der Waals surface area (Å²) < 4.78 is 0. The van der Waals surface area contributed by atoms with Gasteiger partial charge < -0.3 is 11.1 Å². The number of unbranched alkanes of at least 4 members (excludes halogenated alkanes) is 1. The minimum atomic E-state index is 0.300. The Bertz CT molecular complexity index is 354. The largest absolute Gasteiger partial charge is 0.381 e. The highest BCUT2D eigenvalue weighted by atomic mass is 14.9. The van der Waals surface area contributed by atoms with Gasteiger partial charge in [0.1, 0.15) is 0 Å². The number of hydrogen-bond acceptors (Lipinski definition) is 3. The summed E-state index contributed by atoms with van der Waals surface area (Å²) in [5, 5.41) is 12.2. The van der Waals surface area contributed by atoms with Gasteiger partial charge in [0.15, 0.2) is 0 Å². The first-order valence-corrected chi connectivity index (χ1v) is 5.77. The summed E-state index contributed by atoms with van der Waals surface area (Å²) >= 11 is 0. The SMILES string of the molecule is CCCCC(CN)Nc1cccc(C#N)c1. The van der Waals surface area contributed by atoms with E-state index in [2.05, 4.69) is 18.3 Å². The number of nitrogens with zero attached hydrogens (tertiary/aromatic N) is 1. The van der Waals surface area contributed by atoms with Crippen LogP contribution in [0, 0.1) is 11.3 Å². The maximum absolute atomic E-state index is 8.79. The minimum Gasteiger partial charge on any atom is -0.381 e. The molecule has 3 nitrogen and oxygen atoms in total. The lowest BCUT2D eigenvalue weighted by Gasteiger charge is -2.17. The van der Waals surface area contributed by atoms with E-state index in [-0.39, 0.29) is 0 Å². The number of hydrogen-bond donors (Lipinski definition) is 2. The van der Waals surface area contributed by atoms with Crippen LogP contribution in [-0.2, 0) is 0 Å². The van der Waals surface area contributed by atoms with E-state index >= 15 is 0 Å². The number of anilines is 1. The van der Waals surface area contributed by atoms with Gasteiger partial charge in [0.25, 0.3) is 0 Å². The molecule has 0 heterocycles. The van der Waals surface area contributed by atoms with Crippen molar-refractivity contribution in [3.63, 3.8) is 0 Å². The van der Waals surface area contributed by atoms with Gasteiger partial charge in [-0.15, -0.1) is 0 Å². The monoisotopic (exact) mass is 217 g/mol. The number of rotatable bonds is 6. The molecule has 1 aromatic rings. The van der Waals surface area contributed by atoms with Crippen molar-refractivity contribution in [2.75, 3.05) is 11.9 Å². The second-order valence-corrected chi connectivity index (χ2v) is 3.91. The molecule has 0 saturated heterocycles. The lowest BCUT2D eigenvalue weighted by molar-refractivity contribution is 0.614. The fraction of sp³-hybridized carbons (Fsp3) is 0.462. The number of nitriles is 1. The smallest absolute Gasteiger partial charge is 0.0992 e. The second kappa shape index (κ2) is 6.86. The standard InChI is InChI=1S/C13H19N3/c1-2-3-6-13(10-15)16-12-7-4-5-11(8-12)9-14/h4-5,7-8,13,16H,2-3,6,10,15H2,1H3. The molecule has 0 aliphatic rings. The molecule has 3 N–H and O–H groups in total. The lowest BCUT2D eigenvalue weighted by atomic mass is 10.1. The molecule has 1 atom stereocenters. The molecule has 16 heavy (non-hydrogen) atoms. The summed E-state index contributed by atoms with van der Waals surface area (Å²) in [6, 6.07) is 9.94. The minimum absolute atomic E-state index is 0.300. The highest BCUT2D eigenvalue weighted by molar-refractivity contribution is 5.49. The first kappa shape index (κ1) is 12.5. The zero-order chi connectivity index (χ0) is 11.8. The van der Waals surface area contributed by atoms with Gasteiger partial charge in [-0.1, -0.05) is 25.8 Å². The maximum Gasteiger partial charge on any atom is 0.0992 e. The molecule has 0 aliphatic heterocycles. The molecule has 1 unspecified atom stereocenters. The fourth-order valence-corrected chi connectivity index (χ4v) is 1.61. The van der Waals surface area contributed by atoms with Gasteiger partial charge in [-0.25, -0.2) is 0 Å². The molecule has 0 aliphatic carbocycles. The van der Waals surface area contributed by atoms with Crippen LogP contribution in [-0.4, -0.2) is 12.6 Å². The Hall–Kier alpha value is -1.53. The van der Waals surface area contributed by atoms with E-state index in [4.69, 9.17) is 11.0 Å². The Morgan fingerprint density at radius 2 is 2.31 bits per heavy atom. The number of benzene rings is 1. The van der Waals surface area contributed by atoms with E-state index in [0.29, 0.717) is 18.2 Å². The van der Waals surface area contributed by atoms with Crippen LogP contribution in [0.25, 0.3) is 0 Å². The number of nitrogens with two attached hydrogens (primary N) is 1. The van der Waals surface area contributed by atoms with Crippen LogP contribution in [0.2, 0.25) is 0 Å². The van der Waals surface area contributed by atoms with E-state index in [1.165, 1.54) is 12.8 Å². The average molecular weight is 217 g/mol. The molecule has 1 rings (SSSR count). The van der Waals surface area contributed by atoms with Crippen molar-refractivity contribution < 1.29 is 0 Å². The van der Waals surface area contributed by atoms with Crippen molar-refractivity contribution in [1.29, 1.82) is 5.26 Å². The Balaban J connectivity index is 2.59. The van der Waals surface area contributed by atoms with Gasteiger partial charge in [-0.3, -0.25) is 0 Å². The highest BCUT2D eigenvalue weighted by Crippen LogP contribution is 2.13. The van der Waals surface area contributed by atoms with Gasteiger partial charge in [0, 0.05) is 18.3 Å². The van der Waals surface area contributed by atoms with Crippen molar-refractivity contribution in [2.24, 2.45) is 5.73 Å². The third kappa shape index (κ3) is 3.92.